The van der Waals surface area contributed by atoms with E-state index >= 15 is 0 Å². The largest absolute Gasteiger partial charge is 0.451 e. The first kappa shape index (κ1) is 15.4. The van der Waals surface area contributed by atoms with Crippen LogP contribution in [0.15, 0.2) is 41.4 Å². The van der Waals surface area contributed by atoms with Crippen LogP contribution in [0.5, 0.6) is 0 Å². The summed E-state index contributed by atoms with van der Waals surface area (Å²) in [5.41, 5.74) is 1.01. The van der Waals surface area contributed by atoms with E-state index in [9.17, 15) is 13.2 Å². The molecule has 2 aromatic rings. The number of nitrogens with zero attached hydrogens (tertiary/aromatic N) is 1. The average molecular weight is 333 g/mol. The van der Waals surface area contributed by atoms with Crippen molar-refractivity contribution in [2.24, 2.45) is 5.14 Å². The lowest BCUT2D eigenvalue weighted by Crippen LogP contribution is -2.15. The van der Waals surface area contributed by atoms with Gasteiger partial charge in [0, 0.05) is 17.4 Å². The zero-order valence-electron chi connectivity index (χ0n) is 12.5. The van der Waals surface area contributed by atoms with Crippen LogP contribution in [-0.2, 0) is 20.4 Å². The molecule has 2 heterocycles. The third-order valence-electron chi connectivity index (χ3n) is 3.60. The van der Waals surface area contributed by atoms with E-state index in [0.29, 0.717) is 17.1 Å². The number of benzene rings is 1. The SMILES string of the molecule is CC1(C)OC(=O)c2c1ccnc2Nc1ccc(S(N)(=O)=O)cc1. The van der Waals surface area contributed by atoms with Crippen LogP contribution >= 0.6 is 0 Å². The van der Waals surface area contributed by atoms with Crippen molar-refractivity contribution in [3.05, 3.63) is 47.7 Å². The Bertz CT molecular complexity index is 889. The lowest BCUT2D eigenvalue weighted by atomic mass is 9.97. The van der Waals surface area contributed by atoms with E-state index in [1.54, 1.807) is 38.2 Å². The van der Waals surface area contributed by atoms with Crippen molar-refractivity contribution >= 4 is 27.5 Å². The first-order chi connectivity index (χ1) is 10.7. The van der Waals surface area contributed by atoms with Crippen LogP contribution in [0.2, 0.25) is 0 Å². The lowest BCUT2D eigenvalue weighted by molar-refractivity contribution is 0.00958. The minimum absolute atomic E-state index is 0.00911. The van der Waals surface area contributed by atoms with Crippen molar-refractivity contribution in [2.75, 3.05) is 5.32 Å². The maximum absolute atomic E-state index is 12.1. The van der Waals surface area contributed by atoms with Crippen LogP contribution < -0.4 is 10.5 Å². The Labute approximate surface area is 133 Å². The number of cyclic esters (lactones) is 1. The zero-order chi connectivity index (χ0) is 16.8. The summed E-state index contributed by atoms with van der Waals surface area (Å²) in [5, 5.41) is 8.06. The third kappa shape index (κ3) is 2.78. The number of nitrogens with two attached hydrogens (primary N) is 1. The molecule has 0 atom stereocenters. The van der Waals surface area contributed by atoms with Crippen molar-refractivity contribution in [3.8, 4) is 0 Å². The van der Waals surface area contributed by atoms with Crippen molar-refractivity contribution in [2.45, 2.75) is 24.3 Å². The second-order valence-corrected chi connectivity index (χ2v) is 7.24. The third-order valence-corrected chi connectivity index (χ3v) is 4.53. The van der Waals surface area contributed by atoms with Gasteiger partial charge in [0.05, 0.1) is 4.90 Å². The maximum atomic E-state index is 12.1. The van der Waals surface area contributed by atoms with Gasteiger partial charge in [0.1, 0.15) is 17.0 Å². The molecule has 120 valence electrons. The number of ether oxygens (including phenoxy) is 1. The molecular formula is C15H15N3O4S. The topological polar surface area (TPSA) is 111 Å². The van der Waals surface area contributed by atoms with Gasteiger partial charge in [-0.1, -0.05) is 0 Å². The summed E-state index contributed by atoms with van der Waals surface area (Å²) < 4.78 is 27.9. The van der Waals surface area contributed by atoms with Gasteiger partial charge in [-0.05, 0) is 44.2 Å². The Morgan fingerprint density at radius 2 is 1.83 bits per heavy atom. The predicted molar refractivity (Wildman–Crippen MR) is 83.8 cm³/mol. The van der Waals surface area contributed by atoms with E-state index in [2.05, 4.69) is 10.3 Å². The summed E-state index contributed by atoms with van der Waals surface area (Å²) in [6, 6.07) is 7.60. The number of primary sulfonamides is 1. The molecule has 3 N–H and O–H groups in total. The van der Waals surface area contributed by atoms with Crippen LogP contribution in [0.25, 0.3) is 0 Å². The number of carbonyl (C=O) groups excluding carboxylic acids is 1. The monoisotopic (exact) mass is 333 g/mol. The Kier molecular flexibility index (Phi) is 3.38. The molecule has 0 spiro atoms. The van der Waals surface area contributed by atoms with E-state index in [1.807, 2.05) is 0 Å². The van der Waals surface area contributed by atoms with Crippen LogP contribution in [-0.4, -0.2) is 19.4 Å². The number of nitrogens with one attached hydrogen (secondary N) is 1. The molecule has 0 radical (unpaired) electrons. The normalized spacial score (nSPS) is 15.9. The van der Waals surface area contributed by atoms with E-state index in [4.69, 9.17) is 9.88 Å². The second-order valence-electron chi connectivity index (χ2n) is 5.68. The molecule has 3 rings (SSSR count). The molecule has 0 saturated carbocycles. The van der Waals surface area contributed by atoms with E-state index in [-0.39, 0.29) is 4.90 Å². The Morgan fingerprint density at radius 1 is 1.17 bits per heavy atom. The van der Waals surface area contributed by atoms with Gasteiger partial charge in [0.15, 0.2) is 0 Å². The summed E-state index contributed by atoms with van der Waals surface area (Å²) in [7, 11) is -3.74. The molecule has 1 aromatic carbocycles. The lowest BCUT2D eigenvalue weighted by Gasteiger charge is -2.17. The van der Waals surface area contributed by atoms with E-state index < -0.39 is 21.6 Å². The number of carbonyl (C=O) groups is 1. The highest BCUT2D eigenvalue weighted by Gasteiger charge is 2.40. The first-order valence-corrected chi connectivity index (χ1v) is 8.36. The van der Waals surface area contributed by atoms with E-state index in [0.717, 1.165) is 5.56 Å². The summed E-state index contributed by atoms with van der Waals surface area (Å²) in [5.74, 6) is -0.0804. The number of rotatable bonds is 3. The average Bonchev–Trinajstić information content (AvgIpc) is 2.69. The number of sulfonamides is 1. The summed E-state index contributed by atoms with van der Waals surface area (Å²) >= 11 is 0. The fourth-order valence-electron chi connectivity index (χ4n) is 2.47. The molecule has 0 aliphatic carbocycles. The molecule has 0 amide bonds. The van der Waals surface area contributed by atoms with Gasteiger partial charge in [0.2, 0.25) is 10.0 Å². The van der Waals surface area contributed by atoms with Crippen LogP contribution in [0, 0.1) is 0 Å². The highest BCUT2D eigenvalue weighted by Crippen LogP contribution is 2.38. The molecular weight excluding hydrogens is 318 g/mol. The van der Waals surface area contributed by atoms with Gasteiger partial charge in [-0.15, -0.1) is 0 Å². The molecule has 0 fully saturated rings. The number of aromatic nitrogens is 1. The van der Waals surface area contributed by atoms with Crippen molar-refractivity contribution < 1.29 is 17.9 Å². The smallest absolute Gasteiger partial charge is 0.343 e. The van der Waals surface area contributed by atoms with E-state index in [1.165, 1.54) is 12.1 Å². The minimum Gasteiger partial charge on any atom is -0.451 e. The highest BCUT2D eigenvalue weighted by atomic mass is 32.2. The molecule has 0 saturated heterocycles. The molecule has 23 heavy (non-hydrogen) atoms. The standard InChI is InChI=1S/C15H15N3O4S/c1-15(2)11-7-8-17-13(12(11)14(19)22-15)18-9-3-5-10(6-4-9)23(16,20)21/h3-8H,1-2H3,(H,17,18)(H2,16,20,21). The molecule has 7 nitrogen and oxygen atoms in total. The van der Waals surface area contributed by atoms with Gasteiger partial charge in [-0.3, -0.25) is 0 Å². The predicted octanol–water partition coefficient (Wildman–Crippen LogP) is 1.88. The fraction of sp³-hybridized carbons (Fsp3) is 0.200. The van der Waals surface area contributed by atoms with Gasteiger partial charge >= 0.3 is 5.97 Å². The van der Waals surface area contributed by atoms with Gasteiger partial charge in [-0.2, -0.15) is 0 Å². The van der Waals surface area contributed by atoms with Crippen molar-refractivity contribution in [1.29, 1.82) is 0 Å². The molecule has 0 bridgehead atoms. The number of esters is 1. The molecule has 8 heteroatoms. The Hall–Kier alpha value is -2.45. The molecule has 1 aliphatic rings. The minimum atomic E-state index is -3.74. The number of hydrogen-bond donors (Lipinski definition) is 2. The van der Waals surface area contributed by atoms with Crippen LogP contribution in [0.1, 0.15) is 29.8 Å². The highest BCUT2D eigenvalue weighted by molar-refractivity contribution is 7.89. The van der Waals surface area contributed by atoms with Crippen molar-refractivity contribution in [3.63, 3.8) is 0 Å². The number of anilines is 2. The quantitative estimate of drug-likeness (QED) is 0.830. The van der Waals surface area contributed by atoms with Gasteiger partial charge in [-0.25, -0.2) is 23.3 Å². The number of hydrogen-bond acceptors (Lipinski definition) is 6. The first-order valence-electron chi connectivity index (χ1n) is 6.81. The second kappa shape index (κ2) is 5.04. The summed E-state index contributed by atoms with van der Waals surface area (Å²) in [6.45, 7) is 3.61. The van der Waals surface area contributed by atoms with Gasteiger partial charge < -0.3 is 10.1 Å². The van der Waals surface area contributed by atoms with Gasteiger partial charge in [0.25, 0.3) is 0 Å². The molecule has 1 aromatic heterocycles. The van der Waals surface area contributed by atoms with Crippen LogP contribution in [0.3, 0.4) is 0 Å². The fourth-order valence-corrected chi connectivity index (χ4v) is 2.98. The number of pyridine rings is 1. The summed E-state index contributed by atoms with van der Waals surface area (Å²) in [4.78, 5) is 16.3. The van der Waals surface area contributed by atoms with Crippen molar-refractivity contribution in [1.82, 2.24) is 4.98 Å². The number of fused-ring (bicyclic) bond motifs is 1. The Balaban J connectivity index is 1.97. The van der Waals surface area contributed by atoms with Crippen LogP contribution in [0.4, 0.5) is 11.5 Å². The maximum Gasteiger partial charge on any atom is 0.343 e. The molecule has 1 aliphatic heterocycles. The molecule has 0 unspecified atom stereocenters. The zero-order valence-corrected chi connectivity index (χ0v) is 13.3. The summed E-state index contributed by atoms with van der Waals surface area (Å²) in [6.07, 6.45) is 1.59. The Morgan fingerprint density at radius 3 is 2.43 bits per heavy atom.